The van der Waals surface area contributed by atoms with Gasteiger partial charge in [-0.15, -0.1) is 0 Å². The van der Waals surface area contributed by atoms with Gasteiger partial charge in [0.2, 0.25) is 0 Å². The summed E-state index contributed by atoms with van der Waals surface area (Å²) in [6.45, 7) is 49.5. The summed E-state index contributed by atoms with van der Waals surface area (Å²) in [7, 11) is 0. The van der Waals surface area contributed by atoms with Gasteiger partial charge in [0.05, 0.1) is 22.4 Å². The van der Waals surface area contributed by atoms with E-state index in [9.17, 15) is 0 Å². The molecular formula is C110H108BN3. The first-order chi connectivity index (χ1) is 53.9. The highest BCUT2D eigenvalue weighted by molar-refractivity contribution is 7.00. The molecule has 2 aliphatic rings. The number of benzene rings is 15. The zero-order valence-corrected chi connectivity index (χ0v) is 70.9. The molecule has 18 rings (SSSR count). The second-order valence-corrected chi connectivity index (χ2v) is 40.3. The van der Waals surface area contributed by atoms with Crippen molar-refractivity contribution >= 4 is 111 Å². The van der Waals surface area contributed by atoms with Gasteiger partial charge in [0.15, 0.2) is 0 Å². The van der Waals surface area contributed by atoms with Crippen LogP contribution in [-0.2, 0) is 37.9 Å². The first-order valence-electron chi connectivity index (χ1n) is 41.5. The Labute approximate surface area is 677 Å². The van der Waals surface area contributed by atoms with Crippen LogP contribution in [0.15, 0.2) is 273 Å². The SMILES string of the molecule is CC(C)(C)c1cc(-c2ccccc2)c(N2c3cc(-c4cc5cc(C(C)(C)C)cc6ccc7cc(C(C)(C)C)cc4c7c65)ccc3B3c4ccc(-n5c6ccc(C(C)(C)C)cc6c6cc(C(C)(C)C)ccc65)cc4N(c4c(-c5ccccc5)cc(C(C)(C)C)cc4-c4ccccc4)c4cc(C(C)(C)C)cc2c43)c(-c2ccccc2)c1. The monoisotopic (exact) mass is 1480 g/mol. The van der Waals surface area contributed by atoms with E-state index in [2.05, 4.69) is 433 Å². The standard InChI is InChI=1S/C110H108BN3/c1-104(2,3)75-45-50-93-88(57-75)89-58-76(105(4,5)6)46-51-94(89)112(93)82-47-49-92-96(66-82)114(103-86(69-38-30-24-31-39-69)61-80(109(16,17)18)62-87(103)70-40-32-25-33-41-70)98-65-81(110(19,20)21)64-97-101(98)111(92)91-48-44-71(83-55-74-54-77(106(7,8)9)52-72-42-43-73-53-78(107(10,11)12)63-90(83)100(73)99(72)74)56-95(91)113(97)102-84(67-34-26-22-27-35-67)59-79(108(13,14)15)60-85(102)68-36-28-23-29-37-68/h22-66H,1-21H3. The topological polar surface area (TPSA) is 11.4 Å². The number of fused-ring (bicyclic) bond motifs is 7. The Morgan fingerprint density at radius 2 is 0.570 bits per heavy atom. The van der Waals surface area contributed by atoms with Crippen LogP contribution in [0.1, 0.15) is 184 Å². The van der Waals surface area contributed by atoms with E-state index in [-0.39, 0.29) is 44.6 Å². The van der Waals surface area contributed by atoms with Crippen LogP contribution in [0, 0.1) is 0 Å². The lowest BCUT2D eigenvalue weighted by Gasteiger charge is -2.47. The molecule has 2 aliphatic heterocycles. The van der Waals surface area contributed by atoms with Crippen LogP contribution in [0.3, 0.4) is 0 Å². The second kappa shape index (κ2) is 26.2. The highest BCUT2D eigenvalue weighted by Crippen LogP contribution is 2.57. The maximum atomic E-state index is 2.78. The number of nitrogens with zero attached hydrogens (tertiary/aromatic N) is 3. The molecule has 0 N–H and O–H groups in total. The minimum Gasteiger partial charge on any atom is -0.310 e. The number of rotatable bonds is 8. The van der Waals surface area contributed by atoms with Gasteiger partial charge in [0.1, 0.15) is 0 Å². The molecule has 0 spiro atoms. The van der Waals surface area contributed by atoms with Crippen LogP contribution < -0.4 is 26.2 Å². The Bertz CT molecular complexity index is 6350. The fourth-order valence-electron chi connectivity index (χ4n) is 18.4. The van der Waals surface area contributed by atoms with Crippen LogP contribution in [0.4, 0.5) is 34.1 Å². The van der Waals surface area contributed by atoms with E-state index < -0.39 is 0 Å². The molecule has 16 aromatic rings. The molecule has 0 bridgehead atoms. The Balaban J connectivity index is 1.04. The average Bonchev–Trinajstić information content (AvgIpc) is 0.774. The summed E-state index contributed by atoms with van der Waals surface area (Å²) in [5.74, 6) is 0. The zero-order chi connectivity index (χ0) is 80.0. The third kappa shape index (κ3) is 12.5. The fraction of sp³-hybridized carbons (Fsp3) is 0.255. The molecule has 0 saturated heterocycles. The van der Waals surface area contributed by atoms with Gasteiger partial charge in [-0.05, 0) is 250 Å². The molecule has 0 amide bonds. The summed E-state index contributed by atoms with van der Waals surface area (Å²) in [5.41, 5.74) is 34.0. The highest BCUT2D eigenvalue weighted by Gasteiger charge is 2.47. The quantitative estimate of drug-likeness (QED) is 0.111. The largest absolute Gasteiger partial charge is 0.310 e. The van der Waals surface area contributed by atoms with Gasteiger partial charge in [-0.1, -0.05) is 327 Å². The predicted molar refractivity (Wildman–Crippen MR) is 497 cm³/mol. The Morgan fingerprint density at radius 3 is 0.974 bits per heavy atom. The maximum absolute atomic E-state index is 2.78. The molecular weight excluding hydrogens is 1370 g/mol. The molecule has 4 heteroatoms. The van der Waals surface area contributed by atoms with Crippen LogP contribution in [0.2, 0.25) is 0 Å². The molecule has 3 heterocycles. The Hall–Kier alpha value is -11.2. The number of anilines is 6. The van der Waals surface area contributed by atoms with E-state index >= 15 is 0 Å². The summed E-state index contributed by atoms with van der Waals surface area (Å²) in [5, 5.41) is 10.3. The minimum atomic E-state index is -0.346. The summed E-state index contributed by atoms with van der Waals surface area (Å²) in [6.07, 6.45) is 0. The molecule has 566 valence electrons. The van der Waals surface area contributed by atoms with Crippen molar-refractivity contribution in [3.63, 3.8) is 0 Å². The minimum absolute atomic E-state index is 0.0632. The molecule has 0 aliphatic carbocycles. The Kier molecular flexibility index (Phi) is 17.0. The van der Waals surface area contributed by atoms with Crippen molar-refractivity contribution in [2.75, 3.05) is 9.80 Å². The molecule has 0 unspecified atom stereocenters. The van der Waals surface area contributed by atoms with Crippen molar-refractivity contribution in [2.24, 2.45) is 0 Å². The predicted octanol–water partition coefficient (Wildman–Crippen LogP) is 29.2. The van der Waals surface area contributed by atoms with E-state index in [1.807, 2.05) is 0 Å². The summed E-state index contributed by atoms with van der Waals surface area (Å²) in [6, 6.07) is 108. The van der Waals surface area contributed by atoms with Crippen LogP contribution >= 0.6 is 0 Å². The van der Waals surface area contributed by atoms with Gasteiger partial charge in [0.25, 0.3) is 6.71 Å². The zero-order valence-electron chi connectivity index (χ0n) is 70.9. The van der Waals surface area contributed by atoms with Crippen molar-refractivity contribution in [2.45, 2.75) is 183 Å². The summed E-state index contributed by atoms with van der Waals surface area (Å²) < 4.78 is 2.58. The smallest absolute Gasteiger partial charge is 0.252 e. The maximum Gasteiger partial charge on any atom is 0.252 e. The van der Waals surface area contributed by atoms with Crippen molar-refractivity contribution in [3.8, 4) is 61.3 Å². The van der Waals surface area contributed by atoms with E-state index in [0.717, 1.165) is 39.6 Å². The summed E-state index contributed by atoms with van der Waals surface area (Å²) >= 11 is 0. The number of aromatic nitrogens is 1. The molecule has 0 radical (unpaired) electrons. The van der Waals surface area contributed by atoms with E-state index in [0.29, 0.717) is 0 Å². The second-order valence-electron chi connectivity index (χ2n) is 40.3. The summed E-state index contributed by atoms with van der Waals surface area (Å²) in [4.78, 5) is 5.55. The fourth-order valence-corrected chi connectivity index (χ4v) is 18.4. The molecule has 15 aromatic carbocycles. The lowest BCUT2D eigenvalue weighted by Crippen LogP contribution is -2.61. The van der Waals surface area contributed by atoms with Gasteiger partial charge in [-0.3, -0.25) is 0 Å². The molecule has 0 saturated carbocycles. The average molecular weight is 1480 g/mol. The Morgan fingerprint density at radius 1 is 0.228 bits per heavy atom. The van der Waals surface area contributed by atoms with Crippen molar-refractivity contribution in [3.05, 3.63) is 312 Å². The van der Waals surface area contributed by atoms with Gasteiger partial charge < -0.3 is 14.4 Å². The van der Waals surface area contributed by atoms with Gasteiger partial charge >= 0.3 is 0 Å². The van der Waals surface area contributed by atoms with Gasteiger partial charge in [-0.2, -0.15) is 0 Å². The molecule has 3 nitrogen and oxygen atoms in total. The van der Waals surface area contributed by atoms with Crippen molar-refractivity contribution < 1.29 is 0 Å². The van der Waals surface area contributed by atoms with E-state index in [4.69, 9.17) is 0 Å². The van der Waals surface area contributed by atoms with Crippen molar-refractivity contribution in [1.29, 1.82) is 0 Å². The van der Waals surface area contributed by atoms with Crippen LogP contribution in [0.25, 0.3) is 115 Å². The highest BCUT2D eigenvalue weighted by atomic mass is 15.2. The lowest BCUT2D eigenvalue weighted by molar-refractivity contribution is 0.590. The van der Waals surface area contributed by atoms with E-state index in [1.54, 1.807) is 0 Å². The van der Waals surface area contributed by atoms with Crippen LogP contribution in [-0.4, -0.2) is 11.3 Å². The van der Waals surface area contributed by atoms with Gasteiger partial charge in [0, 0.05) is 61.5 Å². The third-order valence-electron chi connectivity index (χ3n) is 25.1. The van der Waals surface area contributed by atoms with Crippen molar-refractivity contribution in [1.82, 2.24) is 4.57 Å². The van der Waals surface area contributed by atoms with Crippen LogP contribution in [0.5, 0.6) is 0 Å². The van der Waals surface area contributed by atoms with E-state index in [1.165, 1.54) is 165 Å². The lowest BCUT2D eigenvalue weighted by atomic mass is 9.33. The number of hydrogen-bond donors (Lipinski definition) is 0. The molecule has 0 fully saturated rings. The normalized spacial score (nSPS) is 13.6. The first kappa shape index (κ1) is 74.2. The third-order valence-corrected chi connectivity index (χ3v) is 25.1. The van der Waals surface area contributed by atoms with Gasteiger partial charge in [-0.25, -0.2) is 0 Å². The molecule has 0 atom stereocenters. The number of hydrogen-bond acceptors (Lipinski definition) is 2. The molecule has 1 aromatic heterocycles. The molecule has 114 heavy (non-hydrogen) atoms. The first-order valence-corrected chi connectivity index (χ1v) is 41.5.